The number of pyridine rings is 1. The van der Waals surface area contributed by atoms with Crippen LogP contribution in [0.2, 0.25) is 5.02 Å². The largest absolute Gasteiger partial charge is 0.478 e. The second kappa shape index (κ2) is 11.7. The molecular formula is C28H26ClF3N4O4. The molecule has 2 aromatic carbocycles. The number of carboxylic acid groups (broad SMARTS) is 1. The van der Waals surface area contributed by atoms with Crippen LogP contribution in [-0.4, -0.2) is 50.2 Å². The Balaban J connectivity index is 1.33. The molecule has 0 unspecified atom stereocenters. The highest BCUT2D eigenvalue weighted by atomic mass is 35.5. The van der Waals surface area contributed by atoms with E-state index in [4.69, 9.17) is 21.8 Å². The first kappa shape index (κ1) is 22.9. The summed E-state index contributed by atoms with van der Waals surface area (Å²) in [6.07, 6.45) is 0.920. The van der Waals surface area contributed by atoms with Crippen LogP contribution in [0.25, 0.3) is 11.0 Å². The number of ether oxygens (including phenoxy) is 2. The highest BCUT2D eigenvalue weighted by molar-refractivity contribution is 6.30. The number of benzene rings is 2. The van der Waals surface area contributed by atoms with E-state index in [-0.39, 0.29) is 57.9 Å². The van der Waals surface area contributed by atoms with Crippen LogP contribution in [0.1, 0.15) is 51.7 Å². The number of piperidine rings is 1. The van der Waals surface area contributed by atoms with Crippen molar-refractivity contribution in [2.24, 2.45) is 7.05 Å². The summed E-state index contributed by atoms with van der Waals surface area (Å²) in [4.78, 5) is 21.8. The first-order valence-electron chi connectivity index (χ1n) is 14.2. The maximum Gasteiger partial charge on any atom is 0.387 e. The van der Waals surface area contributed by atoms with Crippen LogP contribution in [0.5, 0.6) is 11.6 Å². The van der Waals surface area contributed by atoms with E-state index in [1.807, 2.05) is 0 Å². The Labute approximate surface area is 238 Å². The van der Waals surface area contributed by atoms with Crippen molar-refractivity contribution >= 4 is 28.6 Å². The van der Waals surface area contributed by atoms with Gasteiger partial charge in [0.15, 0.2) is 5.75 Å². The zero-order valence-electron chi connectivity index (χ0n) is 25.1. The molecule has 0 aliphatic carbocycles. The number of fused-ring (bicyclic) bond motifs is 1. The molecule has 0 bridgehead atoms. The summed E-state index contributed by atoms with van der Waals surface area (Å²) in [6, 6.07) is 10.5. The Hall–Kier alpha value is -3.83. The van der Waals surface area contributed by atoms with Crippen molar-refractivity contribution in [2.45, 2.75) is 38.4 Å². The first-order valence-corrected chi connectivity index (χ1v) is 12.6. The Morgan fingerprint density at radius 3 is 2.67 bits per heavy atom. The number of nitrogens with zero attached hydrogens (tertiary/aromatic N) is 4. The molecule has 8 nitrogen and oxygen atoms in total. The molecule has 1 fully saturated rings. The van der Waals surface area contributed by atoms with E-state index in [9.17, 15) is 23.1 Å². The monoisotopic (exact) mass is 578 g/mol. The maximum atomic E-state index is 14.4. The molecule has 0 amide bonds. The van der Waals surface area contributed by atoms with Crippen molar-refractivity contribution in [3.8, 4) is 11.6 Å². The van der Waals surface area contributed by atoms with Crippen molar-refractivity contribution in [3.05, 3.63) is 82.0 Å². The average molecular weight is 579 g/mol. The molecule has 3 heterocycles. The van der Waals surface area contributed by atoms with Gasteiger partial charge in [0.2, 0.25) is 5.88 Å². The molecule has 5 rings (SSSR count). The maximum absolute atomic E-state index is 14.4. The normalized spacial score (nSPS) is 16.9. The zero-order valence-corrected chi connectivity index (χ0v) is 21.8. The summed E-state index contributed by atoms with van der Waals surface area (Å²) in [5, 5.41) is 9.54. The van der Waals surface area contributed by atoms with Gasteiger partial charge >= 0.3 is 12.6 Å². The van der Waals surface area contributed by atoms with Gasteiger partial charge in [0, 0.05) is 35.3 Å². The number of hydrogen-bond acceptors (Lipinski definition) is 6. The third-order valence-corrected chi connectivity index (χ3v) is 6.76. The molecule has 1 aliphatic rings. The van der Waals surface area contributed by atoms with Crippen molar-refractivity contribution in [3.63, 3.8) is 0 Å². The summed E-state index contributed by atoms with van der Waals surface area (Å²) in [6.45, 7) is -7.42. The molecule has 40 heavy (non-hydrogen) atoms. The number of carbonyl (C=O) groups is 1. The average Bonchev–Trinajstić information content (AvgIpc) is 3.30. The number of aromatic nitrogens is 3. The molecule has 0 spiro atoms. The molecule has 0 atom stereocenters. The van der Waals surface area contributed by atoms with Gasteiger partial charge in [-0.15, -0.1) is 0 Å². The number of hydrogen-bond donors (Lipinski definition) is 1. The third kappa shape index (κ3) is 6.15. The van der Waals surface area contributed by atoms with Crippen LogP contribution in [0.4, 0.5) is 13.2 Å². The smallest absolute Gasteiger partial charge is 0.387 e. The van der Waals surface area contributed by atoms with Crippen LogP contribution in [0.15, 0.2) is 48.5 Å². The van der Waals surface area contributed by atoms with Crippen molar-refractivity contribution in [1.82, 2.24) is 19.4 Å². The number of halogens is 4. The summed E-state index contributed by atoms with van der Waals surface area (Å²) < 4.78 is 86.0. The Morgan fingerprint density at radius 2 is 1.98 bits per heavy atom. The molecule has 210 valence electrons. The van der Waals surface area contributed by atoms with Crippen molar-refractivity contribution < 1.29 is 38.0 Å². The topological polar surface area (TPSA) is 89.7 Å². The molecular weight excluding hydrogens is 549 g/mol. The van der Waals surface area contributed by atoms with Crippen molar-refractivity contribution in [2.75, 3.05) is 13.1 Å². The van der Waals surface area contributed by atoms with E-state index in [0.717, 1.165) is 12.1 Å². The summed E-state index contributed by atoms with van der Waals surface area (Å²) in [5.41, 5.74) is -0.0276. The number of aryl methyl sites for hydroxylation is 1. The van der Waals surface area contributed by atoms with Crippen LogP contribution in [-0.2, 0) is 20.1 Å². The Kier molecular flexibility index (Phi) is 6.72. The van der Waals surface area contributed by atoms with Gasteiger partial charge < -0.3 is 19.1 Å². The number of likely N-dealkylation sites (tertiary alicyclic amines) is 1. The van der Waals surface area contributed by atoms with Crippen LogP contribution in [0, 0.1) is 5.82 Å². The van der Waals surface area contributed by atoms with E-state index in [2.05, 4.69) is 14.7 Å². The minimum atomic E-state index is -3.24. The molecule has 1 aliphatic heterocycles. The predicted molar refractivity (Wildman–Crippen MR) is 142 cm³/mol. The van der Waals surface area contributed by atoms with Gasteiger partial charge in [-0.25, -0.2) is 19.2 Å². The number of carboxylic acids is 1. The lowest BCUT2D eigenvalue weighted by molar-refractivity contribution is -0.0489. The van der Waals surface area contributed by atoms with Gasteiger partial charge in [0.1, 0.15) is 23.7 Å². The number of imidazole rings is 1. The standard InChI is InChI=1S/C28H26ClF3N4O4/c1-35-22-11-18(27(37)38)12-23(40-28(31)32)26(22)34-24(35)14-36-9-7-16(8-10-36)21-3-2-4-25(33-21)39-15-17-5-6-19(29)13-20(17)30/h2-6,11-13,16,28H,7-10,14-15H2,1H3,(H,37,38)/i14D2,15D2. The summed E-state index contributed by atoms with van der Waals surface area (Å²) >= 11 is 5.78. The fraction of sp³-hybridized carbons (Fsp3) is 0.321. The second-order valence-corrected chi connectivity index (χ2v) is 9.56. The third-order valence-electron chi connectivity index (χ3n) is 6.53. The van der Waals surface area contributed by atoms with Gasteiger partial charge in [0.25, 0.3) is 0 Å². The molecule has 4 aromatic rings. The van der Waals surface area contributed by atoms with Crippen LogP contribution in [0.3, 0.4) is 0 Å². The van der Waals surface area contributed by atoms with E-state index in [1.165, 1.54) is 35.9 Å². The molecule has 1 N–H and O–H groups in total. The molecule has 1 saturated heterocycles. The highest BCUT2D eigenvalue weighted by Crippen LogP contribution is 2.32. The minimum absolute atomic E-state index is 0.0538. The molecule has 0 radical (unpaired) electrons. The molecule has 12 heteroatoms. The lowest BCUT2D eigenvalue weighted by Gasteiger charge is -2.31. The number of aromatic carboxylic acids is 1. The SMILES string of the molecule is [2H]C([2H])(Oc1cccc(C2CCN(C([2H])([2H])c3nc4c(OC(F)F)cc(C(=O)O)cc4n3C)CC2)n1)c1ccc(Cl)cc1F. The van der Waals surface area contributed by atoms with Crippen LogP contribution < -0.4 is 9.47 Å². The fourth-order valence-electron chi connectivity index (χ4n) is 4.49. The van der Waals surface area contributed by atoms with Gasteiger partial charge in [-0.3, -0.25) is 4.90 Å². The summed E-state index contributed by atoms with van der Waals surface area (Å²) in [5.74, 6) is -2.99. The fourth-order valence-corrected chi connectivity index (χ4v) is 4.65. The lowest BCUT2D eigenvalue weighted by Crippen LogP contribution is -2.33. The highest BCUT2D eigenvalue weighted by Gasteiger charge is 2.25. The van der Waals surface area contributed by atoms with Gasteiger partial charge in [0.05, 0.1) is 23.1 Å². The van der Waals surface area contributed by atoms with E-state index in [1.54, 1.807) is 17.0 Å². The molecule has 2 aromatic heterocycles. The Morgan fingerprint density at radius 1 is 1.20 bits per heavy atom. The van der Waals surface area contributed by atoms with Crippen LogP contribution >= 0.6 is 11.6 Å². The van der Waals surface area contributed by atoms with E-state index < -0.39 is 37.2 Å². The predicted octanol–water partition coefficient (Wildman–Crippen LogP) is 6.02. The van der Waals surface area contributed by atoms with Crippen molar-refractivity contribution in [1.29, 1.82) is 0 Å². The van der Waals surface area contributed by atoms with Gasteiger partial charge in [-0.1, -0.05) is 23.7 Å². The second-order valence-electron chi connectivity index (χ2n) is 9.12. The van der Waals surface area contributed by atoms with E-state index >= 15 is 0 Å². The zero-order chi connectivity index (χ0) is 32.0. The first-order chi connectivity index (χ1) is 20.7. The lowest BCUT2D eigenvalue weighted by atomic mass is 9.93. The summed E-state index contributed by atoms with van der Waals surface area (Å²) in [7, 11) is 1.47. The quantitative estimate of drug-likeness (QED) is 0.260. The van der Waals surface area contributed by atoms with E-state index in [0.29, 0.717) is 18.5 Å². The van der Waals surface area contributed by atoms with Gasteiger partial charge in [-0.2, -0.15) is 8.78 Å². The Bertz CT molecular complexity index is 1720. The van der Waals surface area contributed by atoms with Gasteiger partial charge in [-0.05, 0) is 56.3 Å². The number of rotatable bonds is 9. The number of alkyl halides is 2. The molecule has 0 saturated carbocycles. The minimum Gasteiger partial charge on any atom is -0.478 e.